The third-order valence-corrected chi connectivity index (χ3v) is 6.20. The monoisotopic (exact) mass is 545 g/mol. The number of hydrogen-bond donors (Lipinski definition) is 4. The highest BCUT2D eigenvalue weighted by Crippen LogP contribution is 2.30. The minimum absolute atomic E-state index is 0.0345. The maximum Gasteiger partial charge on any atom is 0.254 e. The molecule has 0 aliphatic heterocycles. The van der Waals surface area contributed by atoms with Crippen LogP contribution >= 0.6 is 23.2 Å². The second-order valence-electron chi connectivity index (χ2n) is 8.16. The van der Waals surface area contributed by atoms with Crippen LogP contribution in [0.5, 0.6) is 0 Å². The lowest BCUT2D eigenvalue weighted by Gasteiger charge is -2.30. The number of primary amides is 1. The molecule has 0 aromatic heterocycles. The highest BCUT2D eigenvalue weighted by atomic mass is 35.5. The van der Waals surface area contributed by atoms with E-state index in [4.69, 9.17) is 40.4 Å². The second kappa shape index (κ2) is 12.2. The molecule has 2 amide bonds. The summed E-state index contributed by atoms with van der Waals surface area (Å²) in [5.41, 5.74) is 19.8. The van der Waals surface area contributed by atoms with Gasteiger partial charge >= 0.3 is 0 Å². The van der Waals surface area contributed by atoms with Crippen LogP contribution in [-0.4, -0.2) is 40.3 Å². The van der Waals surface area contributed by atoms with Crippen molar-refractivity contribution in [2.24, 2.45) is 16.5 Å². The van der Waals surface area contributed by atoms with E-state index in [9.17, 15) is 19.7 Å². The molecule has 0 aliphatic carbocycles. The van der Waals surface area contributed by atoms with E-state index < -0.39 is 22.9 Å². The lowest BCUT2D eigenvalue weighted by molar-refractivity contribution is -0.525. The number of aliphatic imine (C=N–C) groups is 1. The molecule has 0 bridgehead atoms. The Bertz CT molecular complexity index is 1340. The summed E-state index contributed by atoms with van der Waals surface area (Å²) in [6.07, 6.45) is 0.388. The Labute approximate surface area is 222 Å². The zero-order valence-corrected chi connectivity index (χ0v) is 21.1. The van der Waals surface area contributed by atoms with Gasteiger partial charge in [0.15, 0.2) is 5.03 Å². The van der Waals surface area contributed by atoms with Gasteiger partial charge in [-0.3, -0.25) is 9.59 Å². The molecule has 0 heterocycles. The van der Waals surface area contributed by atoms with Crippen LogP contribution in [0.2, 0.25) is 10.0 Å². The standard InChI is InChI=1S/C24H25Cl2N7O4/c25-18-10-14(11-19(26)21(18)27)13-32(20(22(28)34)6-3-9-30-24(29)31-33(36)37)23(35)17-8-7-15-4-1-2-5-16(15)12-17/h1-2,4-5,7-8,10-12,20H,3,6,9,13,27H2,(H2,28,34)(H3,29,30,31)/t20-/m1/s1. The van der Waals surface area contributed by atoms with Crippen molar-refractivity contribution < 1.29 is 14.6 Å². The summed E-state index contributed by atoms with van der Waals surface area (Å²) in [5, 5.41) is 11.8. The normalized spacial score (nSPS) is 12.2. The molecule has 1 atom stereocenters. The number of carbonyl (C=O) groups is 2. The van der Waals surface area contributed by atoms with Gasteiger partial charge in [-0.15, -0.1) is 0 Å². The van der Waals surface area contributed by atoms with Gasteiger partial charge in [-0.05, 0) is 53.4 Å². The highest BCUT2D eigenvalue weighted by Gasteiger charge is 2.29. The van der Waals surface area contributed by atoms with E-state index in [0.29, 0.717) is 11.1 Å². The molecule has 0 unspecified atom stereocenters. The SMILES string of the molecule is NC(=O)[C@@H](CCCN=C(N)N[N+](=O)[O-])N(Cc1cc(Cl)c(N)c(Cl)c1)C(=O)c1ccc2ccccc2c1. The number of benzene rings is 3. The van der Waals surface area contributed by atoms with Crippen molar-refractivity contribution in [3.8, 4) is 0 Å². The number of halogens is 2. The molecular weight excluding hydrogens is 521 g/mol. The molecular formula is C24H25Cl2N7O4. The number of nitrogens with two attached hydrogens (primary N) is 3. The van der Waals surface area contributed by atoms with Crippen molar-refractivity contribution in [3.05, 3.63) is 85.9 Å². The predicted molar refractivity (Wildman–Crippen MR) is 144 cm³/mol. The Morgan fingerprint density at radius 1 is 1.05 bits per heavy atom. The molecule has 0 saturated carbocycles. The number of carbonyl (C=O) groups excluding carboxylic acids is 2. The zero-order valence-electron chi connectivity index (χ0n) is 19.6. The number of guanidine groups is 1. The molecule has 0 fully saturated rings. The third kappa shape index (κ3) is 7.21. The van der Waals surface area contributed by atoms with E-state index in [1.807, 2.05) is 30.3 Å². The Kier molecular flexibility index (Phi) is 9.10. The minimum atomic E-state index is -1.03. The van der Waals surface area contributed by atoms with E-state index in [1.165, 1.54) is 4.90 Å². The largest absolute Gasteiger partial charge is 0.396 e. The predicted octanol–water partition coefficient (Wildman–Crippen LogP) is 3.10. The van der Waals surface area contributed by atoms with Crippen LogP contribution in [-0.2, 0) is 11.3 Å². The van der Waals surface area contributed by atoms with Crippen molar-refractivity contribution in [1.82, 2.24) is 10.3 Å². The lowest BCUT2D eigenvalue weighted by atomic mass is 10.0. The number of hydrazine groups is 1. The Morgan fingerprint density at radius 3 is 2.32 bits per heavy atom. The van der Waals surface area contributed by atoms with Gasteiger partial charge < -0.3 is 22.1 Å². The number of nitrogens with one attached hydrogen (secondary N) is 1. The topological polar surface area (TPSA) is 183 Å². The van der Waals surface area contributed by atoms with Gasteiger partial charge in [0.05, 0.1) is 15.7 Å². The molecule has 7 N–H and O–H groups in total. The molecule has 11 nitrogen and oxygen atoms in total. The van der Waals surface area contributed by atoms with Gasteiger partial charge in [0.1, 0.15) is 6.04 Å². The average Bonchev–Trinajstić information content (AvgIpc) is 2.84. The summed E-state index contributed by atoms with van der Waals surface area (Å²) in [7, 11) is 0. The Morgan fingerprint density at radius 2 is 1.70 bits per heavy atom. The number of nitrogens with zero attached hydrogens (tertiary/aromatic N) is 3. The first-order chi connectivity index (χ1) is 17.6. The molecule has 0 aliphatic rings. The van der Waals surface area contributed by atoms with Gasteiger partial charge in [0.2, 0.25) is 5.91 Å². The molecule has 0 saturated heterocycles. The third-order valence-electron chi connectivity index (χ3n) is 5.58. The van der Waals surface area contributed by atoms with E-state index in [2.05, 4.69) is 4.99 Å². The highest BCUT2D eigenvalue weighted by molar-refractivity contribution is 6.38. The van der Waals surface area contributed by atoms with Crippen molar-refractivity contribution in [2.45, 2.75) is 25.4 Å². The summed E-state index contributed by atoms with van der Waals surface area (Å²) in [5.74, 6) is -1.55. The van der Waals surface area contributed by atoms with E-state index in [0.717, 1.165) is 10.8 Å². The van der Waals surface area contributed by atoms with E-state index in [1.54, 1.807) is 29.7 Å². The maximum absolute atomic E-state index is 13.7. The quantitative estimate of drug-likeness (QED) is 0.0752. The Hall–Kier alpha value is -4.09. The van der Waals surface area contributed by atoms with E-state index in [-0.39, 0.29) is 47.6 Å². The number of nitro groups is 1. The second-order valence-corrected chi connectivity index (χ2v) is 8.98. The van der Waals surface area contributed by atoms with Crippen molar-refractivity contribution >= 4 is 57.4 Å². The Balaban J connectivity index is 1.93. The summed E-state index contributed by atoms with van der Waals surface area (Å²) < 4.78 is 0. The number of hydrogen-bond acceptors (Lipinski definition) is 6. The molecule has 3 aromatic carbocycles. The molecule has 194 valence electrons. The fourth-order valence-corrected chi connectivity index (χ4v) is 4.33. The molecule has 13 heteroatoms. The number of rotatable bonds is 10. The van der Waals surface area contributed by atoms with Crippen LogP contribution < -0.4 is 22.6 Å². The maximum atomic E-state index is 13.7. The van der Waals surface area contributed by atoms with Crippen LogP contribution in [0.4, 0.5) is 5.69 Å². The van der Waals surface area contributed by atoms with Gasteiger partial charge in [0.25, 0.3) is 11.9 Å². The summed E-state index contributed by atoms with van der Waals surface area (Å²) in [6, 6.07) is 14.9. The van der Waals surface area contributed by atoms with Crippen molar-refractivity contribution in [3.63, 3.8) is 0 Å². The summed E-state index contributed by atoms with van der Waals surface area (Å²) in [6.45, 7) is 0.0290. The van der Waals surface area contributed by atoms with Gasteiger partial charge in [-0.25, -0.2) is 15.1 Å². The fourth-order valence-electron chi connectivity index (χ4n) is 3.80. The summed E-state index contributed by atoms with van der Waals surface area (Å²) >= 11 is 12.4. The number of amides is 2. The van der Waals surface area contributed by atoms with Gasteiger partial charge in [-0.1, -0.05) is 59.0 Å². The fraction of sp³-hybridized carbons (Fsp3) is 0.208. The zero-order chi connectivity index (χ0) is 27.1. The first-order valence-electron chi connectivity index (χ1n) is 11.1. The lowest BCUT2D eigenvalue weighted by Crippen LogP contribution is -2.47. The van der Waals surface area contributed by atoms with Gasteiger partial charge in [0, 0.05) is 18.7 Å². The van der Waals surface area contributed by atoms with Gasteiger partial charge in [-0.2, -0.15) is 0 Å². The van der Waals surface area contributed by atoms with Crippen LogP contribution in [0.1, 0.15) is 28.8 Å². The first kappa shape index (κ1) is 27.5. The molecule has 37 heavy (non-hydrogen) atoms. The van der Waals surface area contributed by atoms with Crippen LogP contribution in [0.3, 0.4) is 0 Å². The molecule has 0 radical (unpaired) electrons. The number of fused-ring (bicyclic) bond motifs is 1. The first-order valence-corrected chi connectivity index (χ1v) is 11.9. The van der Waals surface area contributed by atoms with Crippen LogP contribution in [0, 0.1) is 10.1 Å². The smallest absolute Gasteiger partial charge is 0.254 e. The van der Waals surface area contributed by atoms with Crippen molar-refractivity contribution in [1.29, 1.82) is 0 Å². The van der Waals surface area contributed by atoms with E-state index >= 15 is 0 Å². The van der Waals surface area contributed by atoms with Crippen LogP contribution in [0.15, 0.2) is 59.6 Å². The van der Waals surface area contributed by atoms with Crippen molar-refractivity contribution in [2.75, 3.05) is 12.3 Å². The minimum Gasteiger partial charge on any atom is -0.396 e. The average molecular weight is 546 g/mol. The van der Waals surface area contributed by atoms with Crippen LogP contribution in [0.25, 0.3) is 10.8 Å². The molecule has 3 rings (SSSR count). The number of nitrogen functional groups attached to an aromatic ring is 1. The molecule has 0 spiro atoms. The number of anilines is 1. The summed E-state index contributed by atoms with van der Waals surface area (Å²) in [4.78, 5) is 41.9. The molecule has 3 aromatic rings.